The van der Waals surface area contributed by atoms with Crippen molar-refractivity contribution in [1.82, 2.24) is 9.78 Å². The Bertz CT molecular complexity index is 732. The molecule has 0 unspecified atom stereocenters. The molecule has 3 rings (SSSR count). The van der Waals surface area contributed by atoms with Crippen LogP contribution in [-0.4, -0.2) is 26.8 Å². The Balaban J connectivity index is 2.02. The number of nitrogens with one attached hydrogen (secondary N) is 1. The number of hydrogen-bond acceptors (Lipinski definition) is 3. The maximum atomic E-state index is 12.0. The summed E-state index contributed by atoms with van der Waals surface area (Å²) in [4.78, 5) is 23.0. The zero-order chi connectivity index (χ0) is 15.9. The molecule has 1 aromatic heterocycles. The zero-order valence-corrected chi connectivity index (χ0v) is 12.4. The average molecular weight is 299 g/mol. The van der Waals surface area contributed by atoms with E-state index in [1.807, 2.05) is 13.8 Å². The maximum absolute atomic E-state index is 12.0. The Hall–Kier alpha value is -2.63. The van der Waals surface area contributed by atoms with Gasteiger partial charge in [0.2, 0.25) is 5.91 Å². The van der Waals surface area contributed by atoms with Crippen LogP contribution in [0.1, 0.15) is 53.7 Å². The van der Waals surface area contributed by atoms with Crippen LogP contribution in [0.15, 0.2) is 30.5 Å². The Morgan fingerprint density at radius 3 is 2.64 bits per heavy atom. The van der Waals surface area contributed by atoms with Crippen molar-refractivity contribution >= 4 is 17.7 Å². The summed E-state index contributed by atoms with van der Waals surface area (Å²) in [5, 5.41) is 16.2. The molecule has 114 valence electrons. The van der Waals surface area contributed by atoms with Crippen LogP contribution < -0.4 is 5.32 Å². The molecule has 22 heavy (non-hydrogen) atoms. The first-order valence-corrected chi connectivity index (χ1v) is 7.18. The Labute approximate surface area is 127 Å². The summed E-state index contributed by atoms with van der Waals surface area (Å²) in [6.45, 7) is 4.01. The van der Waals surface area contributed by atoms with Crippen LogP contribution in [-0.2, 0) is 4.79 Å². The molecular formula is C16H17N3O3. The number of hydrogen-bond donors (Lipinski definition) is 2. The molecule has 1 aromatic carbocycles. The van der Waals surface area contributed by atoms with Crippen LogP contribution in [0, 0.1) is 0 Å². The van der Waals surface area contributed by atoms with Crippen molar-refractivity contribution in [2.75, 3.05) is 5.32 Å². The van der Waals surface area contributed by atoms with E-state index < -0.39 is 5.97 Å². The molecule has 2 heterocycles. The predicted octanol–water partition coefficient (Wildman–Crippen LogP) is 2.64. The number of carboxylic acid groups (broad SMARTS) is 1. The van der Waals surface area contributed by atoms with Crippen LogP contribution in [0.25, 0.3) is 0 Å². The molecule has 0 fully saturated rings. The second kappa shape index (κ2) is 5.29. The molecule has 6 nitrogen and oxygen atoms in total. The second-order valence-electron chi connectivity index (χ2n) is 5.72. The molecule has 6 heteroatoms. The molecule has 0 spiro atoms. The van der Waals surface area contributed by atoms with Crippen molar-refractivity contribution in [3.05, 3.63) is 47.2 Å². The summed E-state index contributed by atoms with van der Waals surface area (Å²) >= 11 is 0. The van der Waals surface area contributed by atoms with Gasteiger partial charge >= 0.3 is 5.97 Å². The van der Waals surface area contributed by atoms with Gasteiger partial charge in [-0.05, 0) is 31.5 Å². The van der Waals surface area contributed by atoms with E-state index in [0.717, 1.165) is 16.9 Å². The van der Waals surface area contributed by atoms with Crippen molar-refractivity contribution in [3.63, 3.8) is 0 Å². The Morgan fingerprint density at radius 1 is 1.36 bits per heavy atom. The highest BCUT2D eigenvalue weighted by Crippen LogP contribution is 2.37. The lowest BCUT2D eigenvalue weighted by Crippen LogP contribution is -2.25. The number of anilines is 1. The number of benzene rings is 1. The van der Waals surface area contributed by atoms with E-state index in [0.29, 0.717) is 6.42 Å². The van der Waals surface area contributed by atoms with Crippen molar-refractivity contribution in [1.29, 1.82) is 0 Å². The summed E-state index contributed by atoms with van der Waals surface area (Å²) < 4.78 is 1.80. The van der Waals surface area contributed by atoms with E-state index >= 15 is 0 Å². The Kier molecular flexibility index (Phi) is 3.44. The fraction of sp³-hybridized carbons (Fsp3) is 0.312. The molecule has 0 aliphatic carbocycles. The lowest BCUT2D eigenvalue weighted by molar-refractivity contribution is -0.116. The number of carbonyl (C=O) groups excluding carboxylic acids is 1. The van der Waals surface area contributed by atoms with Crippen LogP contribution in [0.4, 0.5) is 5.82 Å². The molecule has 1 aliphatic heterocycles. The van der Waals surface area contributed by atoms with Crippen molar-refractivity contribution in [3.8, 4) is 0 Å². The topological polar surface area (TPSA) is 84.2 Å². The normalized spacial score (nSPS) is 17.2. The van der Waals surface area contributed by atoms with Crippen molar-refractivity contribution in [2.24, 2.45) is 0 Å². The number of carbonyl (C=O) groups is 2. The minimum Gasteiger partial charge on any atom is -0.478 e. The van der Waals surface area contributed by atoms with Gasteiger partial charge in [0.05, 0.1) is 11.8 Å². The van der Waals surface area contributed by atoms with Gasteiger partial charge in [0, 0.05) is 23.9 Å². The first-order valence-electron chi connectivity index (χ1n) is 7.18. The van der Waals surface area contributed by atoms with E-state index in [2.05, 4.69) is 10.4 Å². The average Bonchev–Trinajstić information content (AvgIpc) is 2.90. The molecule has 1 amide bonds. The zero-order valence-electron chi connectivity index (χ0n) is 12.4. The number of aromatic nitrogens is 2. The minimum atomic E-state index is -0.957. The van der Waals surface area contributed by atoms with Gasteiger partial charge in [0.25, 0.3) is 0 Å². The van der Waals surface area contributed by atoms with Gasteiger partial charge in [-0.25, -0.2) is 9.48 Å². The van der Waals surface area contributed by atoms with E-state index in [1.165, 1.54) is 0 Å². The summed E-state index contributed by atoms with van der Waals surface area (Å²) in [6, 6.07) is 6.82. The molecule has 0 saturated heterocycles. The smallest absolute Gasteiger partial charge is 0.335 e. The van der Waals surface area contributed by atoms with Crippen LogP contribution in [0.2, 0.25) is 0 Å². The van der Waals surface area contributed by atoms with E-state index in [4.69, 9.17) is 5.11 Å². The molecule has 1 atom stereocenters. The molecule has 0 radical (unpaired) electrons. The third-order valence-electron chi connectivity index (χ3n) is 3.90. The fourth-order valence-electron chi connectivity index (χ4n) is 2.79. The quantitative estimate of drug-likeness (QED) is 0.912. The summed E-state index contributed by atoms with van der Waals surface area (Å²) in [6.07, 6.45) is 2.12. The Morgan fingerprint density at radius 2 is 2.05 bits per heavy atom. The largest absolute Gasteiger partial charge is 0.478 e. The molecule has 2 aromatic rings. The summed E-state index contributed by atoms with van der Waals surface area (Å²) in [5.74, 6) is -0.374. The lowest BCUT2D eigenvalue weighted by atomic mass is 9.87. The van der Waals surface area contributed by atoms with Crippen molar-refractivity contribution < 1.29 is 14.7 Å². The minimum absolute atomic E-state index is 0.0535. The number of carboxylic acids is 1. The predicted molar refractivity (Wildman–Crippen MR) is 81.1 cm³/mol. The molecule has 0 saturated carbocycles. The maximum Gasteiger partial charge on any atom is 0.335 e. The van der Waals surface area contributed by atoms with Crippen LogP contribution in [0.3, 0.4) is 0 Å². The van der Waals surface area contributed by atoms with Gasteiger partial charge in [-0.2, -0.15) is 5.10 Å². The first-order chi connectivity index (χ1) is 10.5. The standard InChI is InChI=1S/C16H17N3O3/c1-9(2)19-15-13(8-17-19)12(7-14(20)18-15)10-3-5-11(6-4-10)16(21)22/h3-6,8-9,12H,7H2,1-2H3,(H,18,20)(H,21,22)/t12-/m0/s1. The highest BCUT2D eigenvalue weighted by atomic mass is 16.4. The van der Waals surface area contributed by atoms with Gasteiger partial charge in [0.15, 0.2) is 0 Å². The SMILES string of the molecule is CC(C)n1ncc2c1NC(=O)C[C@H]2c1ccc(C(=O)O)cc1. The molecule has 0 bridgehead atoms. The van der Waals surface area contributed by atoms with E-state index in [9.17, 15) is 9.59 Å². The van der Waals surface area contributed by atoms with Crippen LogP contribution in [0.5, 0.6) is 0 Å². The van der Waals surface area contributed by atoms with E-state index in [-0.39, 0.29) is 23.4 Å². The van der Waals surface area contributed by atoms with Crippen molar-refractivity contribution in [2.45, 2.75) is 32.2 Å². The van der Waals surface area contributed by atoms with Gasteiger partial charge in [-0.3, -0.25) is 4.79 Å². The summed E-state index contributed by atoms with van der Waals surface area (Å²) in [7, 11) is 0. The van der Waals surface area contributed by atoms with E-state index in [1.54, 1.807) is 35.1 Å². The third-order valence-corrected chi connectivity index (χ3v) is 3.90. The number of rotatable bonds is 3. The number of amides is 1. The number of nitrogens with zero attached hydrogens (tertiary/aromatic N) is 2. The highest BCUT2D eigenvalue weighted by molar-refractivity contribution is 5.94. The molecule has 1 aliphatic rings. The van der Waals surface area contributed by atoms with Gasteiger partial charge in [-0.1, -0.05) is 12.1 Å². The monoisotopic (exact) mass is 299 g/mol. The van der Waals surface area contributed by atoms with Gasteiger partial charge in [0.1, 0.15) is 5.82 Å². The first kappa shape index (κ1) is 14.3. The number of fused-ring (bicyclic) bond motifs is 1. The lowest BCUT2D eigenvalue weighted by Gasteiger charge is -2.24. The second-order valence-corrected chi connectivity index (χ2v) is 5.72. The number of aromatic carboxylic acids is 1. The molecular weight excluding hydrogens is 282 g/mol. The fourth-order valence-corrected chi connectivity index (χ4v) is 2.79. The van der Waals surface area contributed by atoms with Gasteiger partial charge in [-0.15, -0.1) is 0 Å². The van der Waals surface area contributed by atoms with Gasteiger partial charge < -0.3 is 10.4 Å². The highest BCUT2D eigenvalue weighted by Gasteiger charge is 2.30. The molecule has 2 N–H and O–H groups in total. The third kappa shape index (κ3) is 2.36. The summed E-state index contributed by atoms with van der Waals surface area (Å²) in [5.41, 5.74) is 2.13. The van der Waals surface area contributed by atoms with Crippen LogP contribution >= 0.6 is 0 Å².